The van der Waals surface area contributed by atoms with Gasteiger partial charge in [-0.1, -0.05) is 30.3 Å². The minimum absolute atomic E-state index is 0.719. The number of benzene rings is 1. The van der Waals surface area contributed by atoms with Gasteiger partial charge in [-0.05, 0) is 19.5 Å². The number of carbonyl (C=O) groups is 1. The van der Waals surface area contributed by atoms with Gasteiger partial charge in [0, 0.05) is 5.56 Å². The molecule has 0 fully saturated rings. The zero-order chi connectivity index (χ0) is 9.94. The average molecular weight is 180 g/mol. The van der Waals surface area contributed by atoms with Crippen molar-refractivity contribution in [3.8, 4) is 0 Å². The maximum absolute atomic E-state index is 10.0. The lowest BCUT2D eigenvalue weighted by Gasteiger charge is -1.81. The molecule has 0 aliphatic carbocycles. The van der Waals surface area contributed by atoms with Crippen LogP contribution >= 0.6 is 0 Å². The molecule has 0 aliphatic heterocycles. The Kier molecular flexibility index (Phi) is 8.09. The minimum atomic E-state index is 0.719. The van der Waals surface area contributed by atoms with Crippen molar-refractivity contribution in [3.63, 3.8) is 0 Å². The van der Waals surface area contributed by atoms with Gasteiger partial charge in [0.2, 0.25) is 0 Å². The topological polar surface area (TPSA) is 69.1 Å². The van der Waals surface area contributed by atoms with Crippen LogP contribution < -0.4 is 11.5 Å². The first-order chi connectivity index (χ1) is 6.35. The zero-order valence-electron chi connectivity index (χ0n) is 7.65. The summed E-state index contributed by atoms with van der Waals surface area (Å²) in [5.74, 6) is 0. The molecule has 0 aliphatic rings. The average Bonchev–Trinajstić information content (AvgIpc) is 2.21. The molecule has 0 heterocycles. The van der Waals surface area contributed by atoms with Gasteiger partial charge in [-0.25, -0.2) is 0 Å². The van der Waals surface area contributed by atoms with E-state index in [0.717, 1.165) is 31.4 Å². The Balaban J connectivity index is 0.000000252. The second-order valence-electron chi connectivity index (χ2n) is 2.46. The molecule has 0 bridgehead atoms. The fourth-order valence-electron chi connectivity index (χ4n) is 0.649. The smallest absolute Gasteiger partial charge is 0.150 e. The van der Waals surface area contributed by atoms with E-state index in [4.69, 9.17) is 11.5 Å². The molecular weight excluding hydrogens is 164 g/mol. The third-order valence-electron chi connectivity index (χ3n) is 1.34. The van der Waals surface area contributed by atoms with E-state index in [1.807, 2.05) is 18.2 Å². The van der Waals surface area contributed by atoms with Crippen molar-refractivity contribution in [2.45, 2.75) is 6.42 Å². The maximum Gasteiger partial charge on any atom is 0.150 e. The summed E-state index contributed by atoms with van der Waals surface area (Å²) in [4.78, 5) is 10.0. The SMILES string of the molecule is NCCCN.O=Cc1ccccc1. The van der Waals surface area contributed by atoms with Crippen LogP contribution in [0.4, 0.5) is 0 Å². The van der Waals surface area contributed by atoms with E-state index in [1.54, 1.807) is 12.1 Å². The number of hydrogen-bond acceptors (Lipinski definition) is 3. The highest BCUT2D eigenvalue weighted by atomic mass is 16.1. The fraction of sp³-hybridized carbons (Fsp3) is 0.300. The second kappa shape index (κ2) is 8.90. The van der Waals surface area contributed by atoms with Gasteiger partial charge in [0.05, 0.1) is 0 Å². The standard InChI is InChI=1S/C7H6O.C3H10N2/c8-6-7-4-2-1-3-5-7;4-2-1-3-5/h1-6H;1-5H2. The Hall–Kier alpha value is -1.19. The molecule has 1 rings (SSSR count). The quantitative estimate of drug-likeness (QED) is 0.676. The molecule has 0 saturated heterocycles. The van der Waals surface area contributed by atoms with Crippen molar-refractivity contribution in [1.29, 1.82) is 0 Å². The van der Waals surface area contributed by atoms with Crippen LogP contribution in [0.15, 0.2) is 30.3 Å². The van der Waals surface area contributed by atoms with Crippen LogP contribution in [0.1, 0.15) is 16.8 Å². The van der Waals surface area contributed by atoms with Gasteiger partial charge >= 0.3 is 0 Å². The van der Waals surface area contributed by atoms with Crippen LogP contribution in [0.5, 0.6) is 0 Å². The Morgan fingerprint density at radius 3 is 1.85 bits per heavy atom. The highest BCUT2D eigenvalue weighted by Gasteiger charge is 1.79. The van der Waals surface area contributed by atoms with Gasteiger partial charge in [0.15, 0.2) is 0 Å². The van der Waals surface area contributed by atoms with Crippen molar-refractivity contribution in [2.75, 3.05) is 13.1 Å². The molecule has 0 spiro atoms. The van der Waals surface area contributed by atoms with Crippen molar-refractivity contribution in [1.82, 2.24) is 0 Å². The third kappa shape index (κ3) is 7.18. The first-order valence-electron chi connectivity index (χ1n) is 4.25. The van der Waals surface area contributed by atoms with Gasteiger partial charge in [0.25, 0.3) is 0 Å². The molecule has 0 unspecified atom stereocenters. The molecule has 4 N–H and O–H groups in total. The molecule has 0 aromatic heterocycles. The molecular formula is C10H16N2O. The van der Waals surface area contributed by atoms with E-state index in [-0.39, 0.29) is 0 Å². The predicted octanol–water partition coefficient (Wildman–Crippen LogP) is 0.793. The van der Waals surface area contributed by atoms with Crippen LogP contribution in [-0.4, -0.2) is 19.4 Å². The van der Waals surface area contributed by atoms with Crippen LogP contribution in [0.3, 0.4) is 0 Å². The Bertz CT molecular complexity index is 209. The number of nitrogens with two attached hydrogens (primary N) is 2. The maximum atomic E-state index is 10.0. The van der Waals surface area contributed by atoms with Crippen LogP contribution in [0.2, 0.25) is 0 Å². The lowest BCUT2D eigenvalue weighted by molar-refractivity contribution is 0.112. The largest absolute Gasteiger partial charge is 0.330 e. The summed E-state index contributed by atoms with van der Waals surface area (Å²) < 4.78 is 0. The first-order valence-corrected chi connectivity index (χ1v) is 4.25. The molecule has 3 nitrogen and oxygen atoms in total. The summed E-state index contributed by atoms with van der Waals surface area (Å²) in [6.45, 7) is 1.44. The van der Waals surface area contributed by atoms with Gasteiger partial charge in [-0.2, -0.15) is 0 Å². The van der Waals surface area contributed by atoms with Gasteiger partial charge in [-0.3, -0.25) is 4.79 Å². The number of carbonyl (C=O) groups excluding carboxylic acids is 1. The molecule has 13 heavy (non-hydrogen) atoms. The third-order valence-corrected chi connectivity index (χ3v) is 1.34. The zero-order valence-corrected chi connectivity index (χ0v) is 7.65. The van der Waals surface area contributed by atoms with Gasteiger partial charge in [0.1, 0.15) is 6.29 Å². The molecule has 1 aromatic carbocycles. The molecule has 3 heteroatoms. The van der Waals surface area contributed by atoms with Crippen LogP contribution in [-0.2, 0) is 0 Å². The normalized spacial score (nSPS) is 8.46. The lowest BCUT2D eigenvalue weighted by atomic mass is 10.2. The molecule has 72 valence electrons. The molecule has 1 aromatic rings. The fourth-order valence-corrected chi connectivity index (χ4v) is 0.649. The van der Waals surface area contributed by atoms with Crippen molar-refractivity contribution < 1.29 is 4.79 Å². The van der Waals surface area contributed by atoms with E-state index in [0.29, 0.717) is 0 Å². The van der Waals surface area contributed by atoms with Crippen LogP contribution in [0.25, 0.3) is 0 Å². The minimum Gasteiger partial charge on any atom is -0.330 e. The summed E-state index contributed by atoms with van der Waals surface area (Å²) in [7, 11) is 0. The van der Waals surface area contributed by atoms with E-state index in [1.165, 1.54) is 0 Å². The molecule has 0 radical (unpaired) electrons. The van der Waals surface area contributed by atoms with E-state index in [2.05, 4.69) is 0 Å². The van der Waals surface area contributed by atoms with Gasteiger partial charge < -0.3 is 11.5 Å². The Morgan fingerprint density at radius 2 is 1.62 bits per heavy atom. The van der Waals surface area contributed by atoms with Crippen LogP contribution in [0, 0.1) is 0 Å². The summed E-state index contributed by atoms with van der Waals surface area (Å²) in [5.41, 5.74) is 10.8. The van der Waals surface area contributed by atoms with E-state index >= 15 is 0 Å². The highest BCUT2D eigenvalue weighted by molar-refractivity contribution is 5.74. The molecule has 0 atom stereocenters. The lowest BCUT2D eigenvalue weighted by Crippen LogP contribution is -2.06. The van der Waals surface area contributed by atoms with Gasteiger partial charge in [-0.15, -0.1) is 0 Å². The van der Waals surface area contributed by atoms with Crippen molar-refractivity contribution in [3.05, 3.63) is 35.9 Å². The predicted molar refractivity (Wildman–Crippen MR) is 54.6 cm³/mol. The monoisotopic (exact) mass is 180 g/mol. The summed E-state index contributed by atoms with van der Waals surface area (Å²) >= 11 is 0. The number of rotatable bonds is 3. The first kappa shape index (κ1) is 11.8. The summed E-state index contributed by atoms with van der Waals surface area (Å²) in [6, 6.07) is 9.10. The second-order valence-corrected chi connectivity index (χ2v) is 2.46. The number of aldehydes is 1. The Labute approximate surface area is 78.7 Å². The van der Waals surface area contributed by atoms with E-state index in [9.17, 15) is 4.79 Å². The number of hydrogen-bond donors (Lipinski definition) is 2. The summed E-state index contributed by atoms with van der Waals surface area (Å²) in [6.07, 6.45) is 1.78. The molecule has 0 saturated carbocycles. The van der Waals surface area contributed by atoms with E-state index < -0.39 is 0 Å². The van der Waals surface area contributed by atoms with Crippen molar-refractivity contribution in [2.24, 2.45) is 11.5 Å². The molecule has 0 amide bonds. The van der Waals surface area contributed by atoms with Crippen molar-refractivity contribution >= 4 is 6.29 Å². The summed E-state index contributed by atoms with van der Waals surface area (Å²) in [5, 5.41) is 0. The Morgan fingerprint density at radius 1 is 1.08 bits per heavy atom. The highest BCUT2D eigenvalue weighted by Crippen LogP contribution is 1.91.